The zero-order valence-corrected chi connectivity index (χ0v) is 10.4. The monoisotopic (exact) mass is 242 g/mol. The predicted molar refractivity (Wildman–Crippen MR) is 65.5 cm³/mol. The summed E-state index contributed by atoms with van der Waals surface area (Å²) in [4.78, 5) is 24.1. The lowest BCUT2D eigenvalue weighted by Crippen LogP contribution is -2.45. The maximum atomic E-state index is 11.3. The molecule has 0 aromatic heterocycles. The number of urea groups is 1. The van der Waals surface area contributed by atoms with Crippen LogP contribution in [0.5, 0.6) is 0 Å². The van der Waals surface area contributed by atoms with Crippen LogP contribution in [0.25, 0.3) is 0 Å². The molecule has 0 radical (unpaired) electrons. The van der Waals surface area contributed by atoms with Gasteiger partial charge < -0.3 is 16.0 Å². The first-order valence-electron chi connectivity index (χ1n) is 6.17. The van der Waals surface area contributed by atoms with E-state index >= 15 is 0 Å². The molecule has 1 aliphatic heterocycles. The number of nitrogens with two attached hydrogens (primary N) is 1. The average Bonchev–Trinajstić information content (AvgIpc) is 2.30. The van der Waals surface area contributed by atoms with Crippen molar-refractivity contribution in [3.63, 3.8) is 0 Å². The highest BCUT2D eigenvalue weighted by Crippen LogP contribution is 2.11. The van der Waals surface area contributed by atoms with E-state index in [4.69, 9.17) is 5.73 Å². The lowest BCUT2D eigenvalue weighted by Gasteiger charge is -2.33. The summed E-state index contributed by atoms with van der Waals surface area (Å²) < 4.78 is 0. The first-order chi connectivity index (χ1) is 8.13. The van der Waals surface area contributed by atoms with Crippen molar-refractivity contribution < 1.29 is 9.59 Å². The fraction of sp³-hybridized carbons (Fsp3) is 0.818. The molecular formula is C11H22N4O2. The summed E-state index contributed by atoms with van der Waals surface area (Å²) in [5.41, 5.74) is 4.88. The van der Waals surface area contributed by atoms with Gasteiger partial charge in [-0.05, 0) is 32.5 Å². The maximum absolute atomic E-state index is 11.3. The number of nitrogens with zero attached hydrogens (tertiary/aromatic N) is 1. The first-order valence-corrected chi connectivity index (χ1v) is 6.17. The van der Waals surface area contributed by atoms with Gasteiger partial charge in [0.15, 0.2) is 0 Å². The van der Waals surface area contributed by atoms with Crippen LogP contribution in [-0.2, 0) is 4.79 Å². The quantitative estimate of drug-likeness (QED) is 0.614. The average molecular weight is 242 g/mol. The van der Waals surface area contributed by atoms with E-state index in [9.17, 15) is 9.59 Å². The van der Waals surface area contributed by atoms with Crippen molar-refractivity contribution in [3.8, 4) is 0 Å². The molecule has 0 spiro atoms. The van der Waals surface area contributed by atoms with E-state index in [2.05, 4.69) is 22.5 Å². The van der Waals surface area contributed by atoms with Crippen LogP contribution in [0, 0.1) is 0 Å². The molecule has 0 aromatic carbocycles. The lowest BCUT2D eigenvalue weighted by molar-refractivity contribution is -0.120. The van der Waals surface area contributed by atoms with Crippen LogP contribution >= 0.6 is 0 Å². The third-order valence-electron chi connectivity index (χ3n) is 3.12. The van der Waals surface area contributed by atoms with Crippen LogP contribution in [0.1, 0.15) is 26.2 Å². The molecule has 3 amide bonds. The van der Waals surface area contributed by atoms with Crippen LogP contribution in [0.2, 0.25) is 0 Å². The smallest absolute Gasteiger partial charge is 0.318 e. The number of hydrogen-bond acceptors (Lipinski definition) is 4. The summed E-state index contributed by atoms with van der Waals surface area (Å²) >= 11 is 0. The van der Waals surface area contributed by atoms with Crippen molar-refractivity contribution in [2.75, 3.05) is 26.2 Å². The maximum Gasteiger partial charge on any atom is 0.318 e. The van der Waals surface area contributed by atoms with E-state index in [0.29, 0.717) is 19.0 Å². The van der Waals surface area contributed by atoms with Gasteiger partial charge in [-0.25, -0.2) is 4.79 Å². The van der Waals surface area contributed by atoms with Crippen LogP contribution in [-0.4, -0.2) is 49.1 Å². The fourth-order valence-electron chi connectivity index (χ4n) is 2.22. The molecule has 6 heteroatoms. The first kappa shape index (κ1) is 13.9. The van der Waals surface area contributed by atoms with Crippen molar-refractivity contribution in [3.05, 3.63) is 0 Å². The van der Waals surface area contributed by atoms with E-state index in [-0.39, 0.29) is 5.91 Å². The number of rotatable bonds is 5. The molecule has 0 saturated carbocycles. The van der Waals surface area contributed by atoms with Crippen LogP contribution in [0.4, 0.5) is 4.79 Å². The Labute approximate surface area is 102 Å². The molecule has 0 aromatic rings. The lowest BCUT2D eigenvalue weighted by atomic mass is 10.0. The molecule has 17 heavy (non-hydrogen) atoms. The van der Waals surface area contributed by atoms with Gasteiger partial charge in [0.2, 0.25) is 5.91 Å². The van der Waals surface area contributed by atoms with E-state index in [1.165, 1.54) is 0 Å². The Hall–Kier alpha value is -1.14. The molecule has 0 unspecified atom stereocenters. The van der Waals surface area contributed by atoms with E-state index < -0.39 is 6.03 Å². The highest BCUT2D eigenvalue weighted by Gasteiger charge is 2.20. The zero-order valence-electron chi connectivity index (χ0n) is 10.4. The zero-order chi connectivity index (χ0) is 12.7. The second-order valence-corrected chi connectivity index (χ2v) is 4.27. The Balaban J connectivity index is 2.30. The summed E-state index contributed by atoms with van der Waals surface area (Å²) in [5.74, 6) is -0.301. The van der Waals surface area contributed by atoms with Crippen molar-refractivity contribution in [2.45, 2.75) is 32.2 Å². The second kappa shape index (κ2) is 7.24. The normalized spacial score (nSPS) is 17.1. The summed E-state index contributed by atoms with van der Waals surface area (Å²) in [6.45, 7) is 5.77. The largest absolute Gasteiger partial charge is 0.351 e. The standard InChI is InChI=1S/C11H22N4O2/c1-2-15(9-3-6-13-7-4-9)8-5-10(16)14-11(12)17/h9,13H,2-8H2,1H3,(H3,12,14,16,17). The summed E-state index contributed by atoms with van der Waals surface area (Å²) in [7, 11) is 0. The topological polar surface area (TPSA) is 87.5 Å². The SMILES string of the molecule is CCN(CCC(=O)NC(N)=O)C1CCNCC1. The minimum Gasteiger partial charge on any atom is -0.351 e. The van der Waals surface area contributed by atoms with Gasteiger partial charge in [-0.1, -0.05) is 6.92 Å². The molecule has 0 atom stereocenters. The second-order valence-electron chi connectivity index (χ2n) is 4.27. The Kier molecular flexibility index (Phi) is 5.93. The molecule has 4 N–H and O–H groups in total. The van der Waals surface area contributed by atoms with Crippen LogP contribution in [0.15, 0.2) is 0 Å². The molecule has 0 aliphatic carbocycles. The number of hydrogen-bond donors (Lipinski definition) is 3. The Morgan fingerprint density at radius 3 is 2.59 bits per heavy atom. The number of nitrogens with one attached hydrogen (secondary N) is 2. The van der Waals surface area contributed by atoms with Crippen molar-refractivity contribution >= 4 is 11.9 Å². The number of carbonyl (C=O) groups is 2. The van der Waals surface area contributed by atoms with Crippen LogP contribution in [0.3, 0.4) is 0 Å². The third kappa shape index (κ3) is 5.14. The summed E-state index contributed by atoms with van der Waals surface area (Å²) in [6, 6.07) is -0.234. The molecular weight excluding hydrogens is 220 g/mol. The number of amides is 3. The Morgan fingerprint density at radius 2 is 2.06 bits per heavy atom. The van der Waals surface area contributed by atoms with Gasteiger partial charge in [0.1, 0.15) is 0 Å². The molecule has 1 fully saturated rings. The van der Waals surface area contributed by atoms with E-state index in [0.717, 1.165) is 32.5 Å². The van der Waals surface area contributed by atoms with Crippen molar-refractivity contribution in [1.29, 1.82) is 0 Å². The summed E-state index contributed by atoms with van der Waals surface area (Å²) in [6.07, 6.45) is 2.55. The Bertz CT molecular complexity index is 264. The van der Waals surface area contributed by atoms with E-state index in [1.54, 1.807) is 0 Å². The highest BCUT2D eigenvalue weighted by molar-refractivity contribution is 5.93. The fourth-order valence-corrected chi connectivity index (χ4v) is 2.22. The minimum atomic E-state index is -0.778. The van der Waals surface area contributed by atoms with Gasteiger partial charge in [-0.15, -0.1) is 0 Å². The molecule has 6 nitrogen and oxygen atoms in total. The van der Waals surface area contributed by atoms with Crippen LogP contribution < -0.4 is 16.4 Å². The van der Waals surface area contributed by atoms with Crippen molar-refractivity contribution in [2.24, 2.45) is 5.73 Å². The van der Waals surface area contributed by atoms with Gasteiger partial charge in [0.05, 0.1) is 0 Å². The van der Waals surface area contributed by atoms with Gasteiger partial charge in [-0.2, -0.15) is 0 Å². The van der Waals surface area contributed by atoms with Gasteiger partial charge >= 0.3 is 6.03 Å². The number of piperidine rings is 1. The van der Waals surface area contributed by atoms with Crippen molar-refractivity contribution in [1.82, 2.24) is 15.5 Å². The molecule has 1 aliphatic rings. The predicted octanol–water partition coefficient (Wildman–Crippen LogP) is -0.355. The molecule has 0 bridgehead atoms. The van der Waals surface area contributed by atoms with Gasteiger partial charge in [0.25, 0.3) is 0 Å². The number of carbonyl (C=O) groups excluding carboxylic acids is 2. The van der Waals surface area contributed by atoms with Gasteiger partial charge in [-0.3, -0.25) is 10.1 Å². The number of primary amides is 1. The number of imide groups is 1. The molecule has 1 saturated heterocycles. The van der Waals surface area contributed by atoms with Gasteiger partial charge in [0, 0.05) is 19.0 Å². The third-order valence-corrected chi connectivity index (χ3v) is 3.12. The van der Waals surface area contributed by atoms with E-state index in [1.807, 2.05) is 0 Å². The minimum absolute atomic E-state index is 0.301. The summed E-state index contributed by atoms with van der Waals surface area (Å²) in [5, 5.41) is 5.40. The molecule has 1 heterocycles. The molecule has 98 valence electrons. The molecule has 1 rings (SSSR count). The highest BCUT2D eigenvalue weighted by atomic mass is 16.2. The Morgan fingerprint density at radius 1 is 1.41 bits per heavy atom.